The first kappa shape index (κ1) is 13.1. The van der Waals surface area contributed by atoms with E-state index in [2.05, 4.69) is 6.92 Å². The first-order valence-corrected chi connectivity index (χ1v) is 8.57. The van der Waals surface area contributed by atoms with Crippen molar-refractivity contribution >= 4 is 5.91 Å². The summed E-state index contributed by atoms with van der Waals surface area (Å²) in [6, 6.07) is 0.213. The third kappa shape index (κ3) is 2.01. The molecule has 5 aliphatic rings. The summed E-state index contributed by atoms with van der Waals surface area (Å²) in [5.74, 6) is 3.69. The van der Waals surface area contributed by atoms with E-state index < -0.39 is 0 Å². The molecule has 0 aromatic carbocycles. The molecule has 0 aromatic rings. The highest BCUT2D eigenvalue weighted by Gasteiger charge is 2.53. The Morgan fingerprint density at radius 1 is 1.20 bits per heavy atom. The summed E-state index contributed by atoms with van der Waals surface area (Å²) >= 11 is 0. The monoisotopic (exact) mass is 276 g/mol. The number of carbonyl (C=O) groups excluding carboxylic acids is 1. The number of nitrogens with two attached hydrogens (primary N) is 1. The highest BCUT2D eigenvalue weighted by atomic mass is 16.2. The molecule has 3 nitrogen and oxygen atoms in total. The fraction of sp³-hybridized carbons (Fsp3) is 0.941. The van der Waals surface area contributed by atoms with Crippen molar-refractivity contribution in [3.8, 4) is 0 Å². The number of hydrogen-bond donors (Lipinski definition) is 1. The quantitative estimate of drug-likeness (QED) is 0.860. The Morgan fingerprint density at radius 3 is 2.20 bits per heavy atom. The number of rotatable bonds is 3. The van der Waals surface area contributed by atoms with Gasteiger partial charge in [0.05, 0.1) is 0 Å². The fourth-order valence-corrected chi connectivity index (χ4v) is 6.21. The van der Waals surface area contributed by atoms with E-state index in [0.717, 1.165) is 37.3 Å². The third-order valence-electron chi connectivity index (χ3n) is 6.70. The number of carbonyl (C=O) groups is 1. The molecule has 0 spiro atoms. The summed E-state index contributed by atoms with van der Waals surface area (Å²) < 4.78 is 0. The molecule has 1 aliphatic heterocycles. The predicted octanol–water partition coefficient (Wildman–Crippen LogP) is 2.40. The van der Waals surface area contributed by atoms with Gasteiger partial charge in [0.15, 0.2) is 0 Å². The van der Waals surface area contributed by atoms with Gasteiger partial charge in [-0.25, -0.2) is 0 Å². The molecule has 4 bridgehead atoms. The molecule has 2 atom stereocenters. The van der Waals surface area contributed by atoms with E-state index in [1.165, 1.54) is 38.5 Å². The Labute approximate surface area is 122 Å². The lowest BCUT2D eigenvalue weighted by Crippen LogP contribution is -2.57. The van der Waals surface area contributed by atoms with Crippen molar-refractivity contribution in [2.75, 3.05) is 13.1 Å². The van der Waals surface area contributed by atoms with E-state index in [-0.39, 0.29) is 6.04 Å². The zero-order chi connectivity index (χ0) is 13.9. The van der Waals surface area contributed by atoms with Gasteiger partial charge in [0.1, 0.15) is 0 Å². The molecule has 0 radical (unpaired) electrons. The van der Waals surface area contributed by atoms with Gasteiger partial charge in [0, 0.05) is 25.6 Å². The van der Waals surface area contributed by atoms with Gasteiger partial charge in [-0.1, -0.05) is 6.92 Å². The van der Waals surface area contributed by atoms with Crippen molar-refractivity contribution in [1.29, 1.82) is 0 Å². The summed E-state index contributed by atoms with van der Waals surface area (Å²) in [6.45, 7) is 3.92. The highest BCUT2D eigenvalue weighted by molar-refractivity contribution is 5.78. The van der Waals surface area contributed by atoms with Crippen LogP contribution in [0.1, 0.15) is 51.9 Å². The van der Waals surface area contributed by atoms with Crippen LogP contribution in [0.25, 0.3) is 0 Å². The lowest BCUT2D eigenvalue weighted by Gasteiger charge is -2.59. The van der Waals surface area contributed by atoms with Crippen LogP contribution in [0.15, 0.2) is 0 Å². The molecule has 1 amide bonds. The maximum absolute atomic E-state index is 12.0. The van der Waals surface area contributed by atoms with Crippen molar-refractivity contribution in [2.45, 2.75) is 57.9 Å². The van der Waals surface area contributed by atoms with Gasteiger partial charge in [0.25, 0.3) is 0 Å². The van der Waals surface area contributed by atoms with Crippen LogP contribution in [0.2, 0.25) is 0 Å². The summed E-state index contributed by atoms with van der Waals surface area (Å²) in [4.78, 5) is 14.1. The number of likely N-dealkylation sites (tertiary alicyclic amines) is 1. The van der Waals surface area contributed by atoms with E-state index in [1.807, 2.05) is 4.90 Å². The first-order valence-electron chi connectivity index (χ1n) is 8.57. The molecule has 20 heavy (non-hydrogen) atoms. The maximum Gasteiger partial charge on any atom is 0.222 e. The van der Waals surface area contributed by atoms with Crippen LogP contribution in [0, 0.1) is 29.1 Å². The summed E-state index contributed by atoms with van der Waals surface area (Å²) in [6.07, 6.45) is 9.16. The SMILES string of the molecule is CC1CC(=O)N(CC(N)C23CC4CC(CC(C4)C2)C3)C1. The van der Waals surface area contributed by atoms with Gasteiger partial charge >= 0.3 is 0 Å². The Bertz CT molecular complexity index is 384. The second-order valence-electron chi connectivity index (χ2n) is 8.49. The van der Waals surface area contributed by atoms with Crippen LogP contribution in [0.4, 0.5) is 0 Å². The molecule has 5 fully saturated rings. The lowest BCUT2D eigenvalue weighted by atomic mass is 9.48. The minimum Gasteiger partial charge on any atom is -0.341 e. The minimum atomic E-state index is 0.213. The smallest absolute Gasteiger partial charge is 0.222 e. The van der Waals surface area contributed by atoms with Gasteiger partial charge in [-0.2, -0.15) is 0 Å². The highest BCUT2D eigenvalue weighted by Crippen LogP contribution is 2.61. The topological polar surface area (TPSA) is 46.3 Å². The number of hydrogen-bond acceptors (Lipinski definition) is 2. The maximum atomic E-state index is 12.0. The zero-order valence-corrected chi connectivity index (χ0v) is 12.7. The Balaban J connectivity index is 1.48. The van der Waals surface area contributed by atoms with Crippen molar-refractivity contribution in [3.05, 3.63) is 0 Å². The normalized spacial score (nSPS) is 48.1. The van der Waals surface area contributed by atoms with Gasteiger partial charge in [-0.3, -0.25) is 4.79 Å². The fourth-order valence-electron chi connectivity index (χ4n) is 6.21. The van der Waals surface area contributed by atoms with Crippen LogP contribution < -0.4 is 5.73 Å². The molecule has 3 heteroatoms. The molecule has 0 aromatic heterocycles. The number of amides is 1. The van der Waals surface area contributed by atoms with Crippen molar-refractivity contribution in [3.63, 3.8) is 0 Å². The van der Waals surface area contributed by atoms with Crippen LogP contribution in [0.5, 0.6) is 0 Å². The molecule has 4 saturated carbocycles. The average molecular weight is 276 g/mol. The van der Waals surface area contributed by atoms with Gasteiger partial charge < -0.3 is 10.6 Å². The Hall–Kier alpha value is -0.570. The van der Waals surface area contributed by atoms with E-state index in [1.54, 1.807) is 0 Å². The van der Waals surface area contributed by atoms with Crippen LogP contribution in [0.3, 0.4) is 0 Å². The predicted molar refractivity (Wildman–Crippen MR) is 78.9 cm³/mol. The summed E-state index contributed by atoms with van der Waals surface area (Å²) in [7, 11) is 0. The standard InChI is InChI=1S/C17H28N2O/c1-11-2-16(20)19(9-11)10-15(18)17-6-12-3-13(7-17)5-14(4-12)8-17/h11-15H,2-10,18H2,1H3. The third-order valence-corrected chi connectivity index (χ3v) is 6.70. The summed E-state index contributed by atoms with van der Waals surface area (Å²) in [5, 5.41) is 0. The Kier molecular flexibility index (Phi) is 2.93. The van der Waals surface area contributed by atoms with Crippen LogP contribution >= 0.6 is 0 Å². The van der Waals surface area contributed by atoms with Crippen LogP contribution in [-0.2, 0) is 4.79 Å². The molecular weight excluding hydrogens is 248 g/mol. The van der Waals surface area contributed by atoms with Gasteiger partial charge in [0.2, 0.25) is 5.91 Å². The van der Waals surface area contributed by atoms with Gasteiger partial charge in [-0.05, 0) is 67.6 Å². The van der Waals surface area contributed by atoms with E-state index in [4.69, 9.17) is 5.73 Å². The second-order valence-corrected chi connectivity index (χ2v) is 8.49. The second kappa shape index (κ2) is 4.46. The first-order chi connectivity index (χ1) is 9.54. The molecule has 4 aliphatic carbocycles. The lowest BCUT2D eigenvalue weighted by molar-refractivity contribution is -0.129. The van der Waals surface area contributed by atoms with E-state index in [9.17, 15) is 4.79 Å². The van der Waals surface area contributed by atoms with E-state index in [0.29, 0.717) is 17.2 Å². The summed E-state index contributed by atoms with van der Waals surface area (Å²) in [5.41, 5.74) is 7.04. The zero-order valence-electron chi connectivity index (χ0n) is 12.7. The van der Waals surface area contributed by atoms with E-state index >= 15 is 0 Å². The number of nitrogens with zero attached hydrogens (tertiary/aromatic N) is 1. The molecule has 112 valence electrons. The molecular formula is C17H28N2O. The average Bonchev–Trinajstić information content (AvgIpc) is 2.66. The van der Waals surface area contributed by atoms with Gasteiger partial charge in [-0.15, -0.1) is 0 Å². The molecule has 1 saturated heterocycles. The molecule has 5 rings (SSSR count). The van der Waals surface area contributed by atoms with Crippen molar-refractivity contribution in [2.24, 2.45) is 34.8 Å². The minimum absolute atomic E-state index is 0.213. The van der Waals surface area contributed by atoms with Crippen molar-refractivity contribution < 1.29 is 4.79 Å². The Morgan fingerprint density at radius 2 is 1.75 bits per heavy atom. The van der Waals surface area contributed by atoms with Crippen molar-refractivity contribution in [1.82, 2.24) is 4.90 Å². The largest absolute Gasteiger partial charge is 0.341 e. The molecule has 1 heterocycles. The molecule has 2 unspecified atom stereocenters. The van der Waals surface area contributed by atoms with Crippen LogP contribution in [-0.4, -0.2) is 29.9 Å². The molecule has 2 N–H and O–H groups in total.